The Balaban J connectivity index is 2.12. The maximum absolute atomic E-state index is 14.0. The summed E-state index contributed by atoms with van der Waals surface area (Å²) in [5, 5.41) is 2.78. The molecule has 0 spiro atoms. The summed E-state index contributed by atoms with van der Waals surface area (Å²) in [6, 6.07) is 0. The number of esters is 2. The van der Waals surface area contributed by atoms with Crippen LogP contribution in [0.5, 0.6) is 0 Å². The van der Waals surface area contributed by atoms with E-state index in [-0.39, 0.29) is 18.5 Å². The van der Waals surface area contributed by atoms with Crippen LogP contribution in [0, 0.1) is 0 Å². The number of nitrogens with zero attached hydrogens (tertiary/aromatic N) is 4. The summed E-state index contributed by atoms with van der Waals surface area (Å²) < 4.78 is 37.9. The molecule has 2 rings (SSSR count). The van der Waals surface area contributed by atoms with Gasteiger partial charge in [0.05, 0.1) is 31.7 Å². The lowest BCUT2D eigenvalue weighted by molar-refractivity contribution is -0.155. The Morgan fingerprint density at radius 3 is 2.51 bits per heavy atom. The van der Waals surface area contributed by atoms with Gasteiger partial charge in [0.1, 0.15) is 23.7 Å². The van der Waals surface area contributed by atoms with Gasteiger partial charge in [-0.05, 0) is 48.0 Å². The molecule has 0 aliphatic carbocycles. The average molecular weight is 571 g/mol. The maximum atomic E-state index is 14.0. The number of imidazole rings is 1. The summed E-state index contributed by atoms with van der Waals surface area (Å²) in [5.74, 6) is -1.01. The number of nitrogen functional groups attached to an aromatic ring is 1. The highest BCUT2D eigenvalue weighted by Crippen LogP contribution is 2.46. The molecule has 0 aliphatic heterocycles. The van der Waals surface area contributed by atoms with Crippen LogP contribution in [0.4, 0.5) is 5.82 Å². The van der Waals surface area contributed by atoms with Crippen molar-refractivity contribution in [3.8, 4) is 0 Å². The average Bonchev–Trinajstić information content (AvgIpc) is 3.25. The van der Waals surface area contributed by atoms with Crippen molar-refractivity contribution in [2.75, 3.05) is 18.7 Å². The Morgan fingerprint density at radius 2 is 1.85 bits per heavy atom. The van der Waals surface area contributed by atoms with E-state index in [1.165, 1.54) is 13.3 Å². The standard InChI is InChI=1S/C25H43N6O7P/c1-8-9-10-11-12-35-24(33)25(6,7)30-39(34,38-19(5)23(32)37-17(2)3)16-36-18(4)13-31-15-29-20-21(26)27-14-28-22(20)31/h14-15,17-19H,8-13,16H2,1-7H3,(H,30,34)(H2,26,27,28)/t18-,19+,39-/m1/s1. The lowest BCUT2D eigenvalue weighted by Gasteiger charge is -2.31. The van der Waals surface area contributed by atoms with Crippen LogP contribution < -0.4 is 10.8 Å². The molecule has 220 valence electrons. The SMILES string of the molecule is CCCCCCOC(=O)C(C)(C)N[P@@](=O)(CO[C@H](C)Cn1cnc2c(N)ncnc21)O[C@@H](C)C(=O)OC(C)C. The minimum Gasteiger partial charge on any atom is -0.464 e. The van der Waals surface area contributed by atoms with Gasteiger partial charge in [0.25, 0.3) is 7.52 Å². The van der Waals surface area contributed by atoms with Crippen molar-refractivity contribution in [2.24, 2.45) is 0 Å². The molecule has 0 saturated heterocycles. The molecule has 39 heavy (non-hydrogen) atoms. The number of nitrogens with two attached hydrogens (primary N) is 1. The Bertz CT molecular complexity index is 1140. The van der Waals surface area contributed by atoms with Gasteiger partial charge in [-0.3, -0.25) is 9.36 Å². The molecule has 0 aliphatic rings. The van der Waals surface area contributed by atoms with Crippen molar-refractivity contribution >= 4 is 36.4 Å². The molecule has 0 unspecified atom stereocenters. The van der Waals surface area contributed by atoms with Gasteiger partial charge in [0.2, 0.25) is 0 Å². The van der Waals surface area contributed by atoms with E-state index in [0.717, 1.165) is 25.7 Å². The van der Waals surface area contributed by atoms with Crippen molar-refractivity contribution in [1.29, 1.82) is 0 Å². The normalized spacial score (nSPS) is 15.2. The number of fused-ring (bicyclic) bond motifs is 1. The van der Waals surface area contributed by atoms with Crippen molar-refractivity contribution in [3.05, 3.63) is 12.7 Å². The molecule has 0 amide bonds. The molecular weight excluding hydrogens is 527 g/mol. The topological polar surface area (TPSA) is 170 Å². The molecule has 3 N–H and O–H groups in total. The highest BCUT2D eigenvalue weighted by atomic mass is 31.2. The van der Waals surface area contributed by atoms with Crippen molar-refractivity contribution in [3.63, 3.8) is 0 Å². The lowest BCUT2D eigenvalue weighted by atomic mass is 10.1. The van der Waals surface area contributed by atoms with Crippen LogP contribution in [0.15, 0.2) is 12.7 Å². The zero-order valence-corrected chi connectivity index (χ0v) is 24.9. The Kier molecular flexibility index (Phi) is 12.3. The number of unbranched alkanes of at least 4 members (excludes halogenated alkanes) is 3. The predicted molar refractivity (Wildman–Crippen MR) is 147 cm³/mol. The molecular formula is C25H43N6O7P. The molecule has 2 aromatic rings. The fraction of sp³-hybridized carbons (Fsp3) is 0.720. The molecule has 0 saturated carbocycles. The van der Waals surface area contributed by atoms with Gasteiger partial charge in [-0.1, -0.05) is 26.2 Å². The highest BCUT2D eigenvalue weighted by molar-refractivity contribution is 7.56. The molecule has 14 heteroatoms. The Morgan fingerprint density at radius 1 is 1.13 bits per heavy atom. The molecule has 2 aromatic heterocycles. The molecule has 0 radical (unpaired) electrons. The quantitative estimate of drug-likeness (QED) is 0.160. The summed E-state index contributed by atoms with van der Waals surface area (Å²) >= 11 is 0. The smallest absolute Gasteiger partial charge is 0.335 e. The number of carbonyl (C=O) groups is 2. The fourth-order valence-corrected chi connectivity index (χ4v) is 5.82. The van der Waals surface area contributed by atoms with Crippen LogP contribution in [0.1, 0.15) is 74.1 Å². The molecule has 0 aromatic carbocycles. The van der Waals surface area contributed by atoms with E-state index in [2.05, 4.69) is 27.0 Å². The van der Waals surface area contributed by atoms with Crippen molar-refractivity contribution in [2.45, 2.75) is 105 Å². The number of anilines is 1. The van der Waals surface area contributed by atoms with E-state index in [1.807, 2.05) is 0 Å². The van der Waals surface area contributed by atoms with E-state index in [0.29, 0.717) is 17.7 Å². The summed E-state index contributed by atoms with van der Waals surface area (Å²) in [4.78, 5) is 37.6. The largest absolute Gasteiger partial charge is 0.464 e. The zero-order chi connectivity index (χ0) is 29.2. The summed E-state index contributed by atoms with van der Waals surface area (Å²) in [6.45, 7) is 12.3. The zero-order valence-electron chi connectivity index (χ0n) is 24.0. The van der Waals surface area contributed by atoms with Crippen molar-refractivity contribution in [1.82, 2.24) is 24.6 Å². The first kappa shape index (κ1) is 32.6. The molecule has 3 atom stereocenters. The van der Waals surface area contributed by atoms with Crippen molar-refractivity contribution < 1.29 is 32.9 Å². The first-order valence-corrected chi connectivity index (χ1v) is 15.1. The summed E-state index contributed by atoms with van der Waals surface area (Å²) in [6.07, 6.45) is 4.25. The number of nitrogens with one attached hydrogen (secondary N) is 1. The highest BCUT2D eigenvalue weighted by Gasteiger charge is 2.40. The van der Waals surface area contributed by atoms with E-state index in [9.17, 15) is 14.2 Å². The number of ether oxygens (including phenoxy) is 3. The number of aromatic nitrogens is 4. The van der Waals surface area contributed by atoms with Crippen LogP contribution in [0.2, 0.25) is 0 Å². The van der Waals surface area contributed by atoms with Gasteiger partial charge < -0.3 is 29.0 Å². The summed E-state index contributed by atoms with van der Waals surface area (Å²) in [5.41, 5.74) is 5.47. The fourth-order valence-electron chi connectivity index (χ4n) is 3.65. The van der Waals surface area contributed by atoms with E-state index in [4.69, 9.17) is 24.5 Å². The van der Waals surface area contributed by atoms with E-state index < -0.39 is 43.6 Å². The number of rotatable bonds is 17. The molecule has 0 fully saturated rings. The molecule has 0 bridgehead atoms. The Hall–Kier alpha value is -2.60. The van der Waals surface area contributed by atoms with Crippen LogP contribution in [-0.2, 0) is 39.4 Å². The second kappa shape index (κ2) is 14.7. The monoisotopic (exact) mass is 570 g/mol. The van der Waals surface area contributed by atoms with Gasteiger partial charge in [-0.2, -0.15) is 0 Å². The second-order valence-corrected chi connectivity index (χ2v) is 12.3. The number of carbonyl (C=O) groups excluding carboxylic acids is 2. The minimum absolute atomic E-state index is 0.257. The van der Waals surface area contributed by atoms with Gasteiger partial charge in [0, 0.05) is 0 Å². The van der Waals surface area contributed by atoms with Crippen LogP contribution in [-0.4, -0.2) is 68.3 Å². The van der Waals surface area contributed by atoms with Crippen LogP contribution in [0.3, 0.4) is 0 Å². The maximum Gasteiger partial charge on any atom is 0.335 e. The third-order valence-electron chi connectivity index (χ3n) is 5.62. The Labute approximate surface area is 230 Å². The number of hydrogen-bond acceptors (Lipinski definition) is 11. The van der Waals surface area contributed by atoms with Gasteiger partial charge in [-0.15, -0.1) is 0 Å². The summed E-state index contributed by atoms with van der Waals surface area (Å²) in [7, 11) is -3.94. The first-order valence-electron chi connectivity index (χ1n) is 13.3. The predicted octanol–water partition coefficient (Wildman–Crippen LogP) is 3.81. The molecule has 13 nitrogen and oxygen atoms in total. The van der Waals surface area contributed by atoms with Crippen LogP contribution in [0.25, 0.3) is 11.2 Å². The number of hydrogen-bond donors (Lipinski definition) is 2. The van der Waals surface area contributed by atoms with Gasteiger partial charge >= 0.3 is 11.9 Å². The second-order valence-electron chi connectivity index (χ2n) is 10.3. The third kappa shape index (κ3) is 10.1. The first-order chi connectivity index (χ1) is 18.3. The molecule has 2 heterocycles. The van der Waals surface area contributed by atoms with E-state index in [1.54, 1.807) is 45.5 Å². The van der Waals surface area contributed by atoms with Gasteiger partial charge in [-0.25, -0.2) is 24.8 Å². The van der Waals surface area contributed by atoms with Crippen LogP contribution >= 0.6 is 7.52 Å². The lowest BCUT2D eigenvalue weighted by Crippen LogP contribution is -2.47. The van der Waals surface area contributed by atoms with Gasteiger partial charge in [0.15, 0.2) is 17.6 Å². The van der Waals surface area contributed by atoms with E-state index >= 15 is 0 Å². The third-order valence-corrected chi connectivity index (χ3v) is 7.66. The minimum atomic E-state index is -3.94.